The van der Waals surface area contributed by atoms with Crippen LogP contribution < -0.4 is 36.7 Å². The lowest BCUT2D eigenvalue weighted by molar-refractivity contribution is -0.151. The molecular formula is C57H94N6O10Si4. The second kappa shape index (κ2) is 27.9. The number of benzene rings is 2. The maximum atomic E-state index is 16.2. The van der Waals surface area contributed by atoms with Gasteiger partial charge in [0.15, 0.2) is 22.2 Å². The van der Waals surface area contributed by atoms with Crippen molar-refractivity contribution in [2.45, 2.75) is 224 Å². The highest BCUT2D eigenvalue weighted by Crippen LogP contribution is 2.52. The molecule has 2 aromatic rings. The fourth-order valence-electron chi connectivity index (χ4n) is 11.6. The van der Waals surface area contributed by atoms with Gasteiger partial charge in [0.2, 0.25) is 29.4 Å². The summed E-state index contributed by atoms with van der Waals surface area (Å²) in [5, 5.41) is 15.0. The molecule has 0 aliphatic carbocycles. The molecule has 16 nitrogen and oxygen atoms in total. The van der Waals surface area contributed by atoms with Gasteiger partial charge in [-0.25, -0.2) is 0 Å². The molecule has 0 saturated heterocycles. The van der Waals surface area contributed by atoms with E-state index in [9.17, 15) is 19.2 Å². The molecule has 0 fully saturated rings. The van der Waals surface area contributed by atoms with E-state index in [-0.39, 0.29) is 6.42 Å². The molecule has 7 atom stereocenters. The van der Waals surface area contributed by atoms with Gasteiger partial charge in [0, 0.05) is 34.7 Å². The molecule has 4 rings (SSSR count). The molecular weight excluding hydrogens is 1040 g/mol. The second-order valence-corrected chi connectivity index (χ2v) is 41.1. The normalized spacial score (nSPS) is 21.0. The summed E-state index contributed by atoms with van der Waals surface area (Å²) in [7, 11) is -10.7. The summed E-state index contributed by atoms with van der Waals surface area (Å²) >= 11 is 0. The van der Waals surface area contributed by atoms with Crippen LogP contribution in [-0.4, -0.2) is 104 Å². The first-order chi connectivity index (χ1) is 36.5. The summed E-state index contributed by atoms with van der Waals surface area (Å²) < 4.78 is 22.8. The summed E-state index contributed by atoms with van der Waals surface area (Å²) in [4.78, 5) is 103. The minimum Gasteiger partial charge on any atom is -0.543 e. The van der Waals surface area contributed by atoms with Crippen molar-refractivity contribution in [3.63, 3.8) is 0 Å². The lowest BCUT2D eigenvalue weighted by Crippen LogP contribution is -2.70. The molecule has 20 heteroatoms. The largest absolute Gasteiger partial charge is 0.543 e. The van der Waals surface area contributed by atoms with Crippen LogP contribution >= 0.6 is 0 Å². The van der Waals surface area contributed by atoms with E-state index in [0.717, 1.165) is 36.3 Å². The van der Waals surface area contributed by atoms with Gasteiger partial charge in [-0.05, 0) is 78.5 Å². The molecule has 2 heterocycles. The van der Waals surface area contributed by atoms with Crippen LogP contribution in [0.1, 0.15) is 121 Å². The van der Waals surface area contributed by atoms with Crippen LogP contribution in [0.5, 0.6) is 5.75 Å². The first-order valence-corrected chi connectivity index (χ1v) is 39.1. The third kappa shape index (κ3) is 13.6. The Morgan fingerprint density at radius 3 is 1.83 bits per heavy atom. The number of ketones is 1. The number of hydrogen-bond donors (Lipinski definition) is 6. The van der Waals surface area contributed by atoms with Gasteiger partial charge in [0.1, 0.15) is 30.0 Å². The molecule has 7 N–H and O–H groups in total. The molecule has 2 aliphatic rings. The zero-order valence-corrected chi connectivity index (χ0v) is 53.0. The summed E-state index contributed by atoms with van der Waals surface area (Å²) in [5.41, 5.74) is 5.90. The quantitative estimate of drug-likeness (QED) is 0.0268. The van der Waals surface area contributed by atoms with Crippen LogP contribution in [0.4, 0.5) is 5.69 Å². The van der Waals surface area contributed by atoms with Crippen LogP contribution in [0.25, 0.3) is 11.1 Å². The van der Waals surface area contributed by atoms with Crippen molar-refractivity contribution in [2.75, 3.05) is 5.32 Å². The van der Waals surface area contributed by atoms with Gasteiger partial charge >= 0.3 is 0 Å². The molecule has 428 valence electrons. The van der Waals surface area contributed by atoms with E-state index in [4.69, 9.17) is 19.0 Å². The number of Topliss-reactive ketones (excluding diaryl/α,β-unsaturated/α-hetero) is 1. The van der Waals surface area contributed by atoms with Crippen LogP contribution in [0, 0.1) is 5.92 Å². The lowest BCUT2D eigenvalue weighted by Gasteiger charge is -2.48. The molecule has 2 unspecified atom stereocenters. The van der Waals surface area contributed by atoms with Gasteiger partial charge in [-0.3, -0.25) is 33.6 Å². The first-order valence-electron chi connectivity index (χ1n) is 28.9. The highest BCUT2D eigenvalue weighted by atomic mass is 28.4. The van der Waals surface area contributed by atoms with Crippen molar-refractivity contribution in [3.8, 4) is 16.9 Å². The molecule has 77 heavy (non-hydrogen) atoms. The standard InChI is InChI=1S/C57H94N6O10Si4/c1-16-38(15)50(65)55(69)60-43-36-39-33-34-45(71-75(21-6,22-7)23-8)41(35-39)40-31-30-32-42-48(40)63-56(70)57(42,73-77(27-12,28-13)29-14)51(72-76(24-9,25-10)26-11)49(62-53(67)44(37-46(58)64)59-52(43)66)54(68)61-47(17-2)74(18-3,19-4)20-5/h17,30-35,38,43-44,47,49,51H,2,16,18-29,36-37H2,1,3-15H3,(H2,58,64)(H,59,66)(H,60,69)(H,61,68)(H,62,67)(H,63,70)/t38?,43-,44-,47?,49-,51+,57-/m0/s1. The molecule has 0 spiro atoms. The Morgan fingerprint density at radius 2 is 1.32 bits per heavy atom. The molecule has 0 saturated carbocycles. The van der Waals surface area contributed by atoms with Gasteiger partial charge in [-0.15, -0.1) is 6.58 Å². The topological polar surface area (TPSA) is 233 Å². The second-order valence-electron chi connectivity index (χ2n) is 21.5. The van der Waals surface area contributed by atoms with Crippen LogP contribution in [0.3, 0.4) is 0 Å². The van der Waals surface area contributed by atoms with E-state index in [1.54, 1.807) is 26.0 Å². The number of rotatable bonds is 28. The number of fused-ring (bicyclic) bond motifs is 3. The van der Waals surface area contributed by atoms with E-state index in [2.05, 4.69) is 95.5 Å². The van der Waals surface area contributed by atoms with Gasteiger partial charge < -0.3 is 45.6 Å². The molecule has 0 aromatic heterocycles. The highest BCUT2D eigenvalue weighted by molar-refractivity contribution is 6.81. The average molecular weight is 1140 g/mol. The monoisotopic (exact) mass is 1130 g/mol. The molecule has 0 radical (unpaired) electrons. The zero-order chi connectivity index (χ0) is 57.7. The minimum absolute atomic E-state index is 0.174. The molecule has 6 amide bonds. The van der Waals surface area contributed by atoms with Gasteiger partial charge in [-0.1, -0.05) is 145 Å². The van der Waals surface area contributed by atoms with Crippen molar-refractivity contribution in [1.29, 1.82) is 0 Å². The third-order valence-electron chi connectivity index (χ3n) is 18.2. The van der Waals surface area contributed by atoms with Gasteiger partial charge in [0.05, 0.1) is 20.2 Å². The van der Waals surface area contributed by atoms with Crippen molar-refractivity contribution >= 4 is 79.9 Å². The van der Waals surface area contributed by atoms with E-state index < -0.39 is 122 Å². The van der Waals surface area contributed by atoms with Gasteiger partial charge in [0.25, 0.3) is 20.1 Å². The maximum absolute atomic E-state index is 16.2. The van der Waals surface area contributed by atoms with Crippen molar-refractivity contribution in [2.24, 2.45) is 11.7 Å². The Labute approximate surface area is 464 Å². The SMILES string of the molecule is C=CC(NC(=O)[C@H]1NC(=O)[C@H](CC(N)=O)NC(=O)[C@@H](NC(=O)C(=O)C(C)CC)Cc2ccc(O[Si](CC)(CC)CC)c(c2)-c2cccc3c2NC(=O)[C@@]3(O[Si](CC)(CC)CC)[C@@H]1O[Si](CC)(CC)CC)[Si](CC)(CC)CC. The predicted octanol–water partition coefficient (Wildman–Crippen LogP) is 9.52. The highest BCUT2D eigenvalue weighted by Gasteiger charge is 2.63. The minimum atomic E-state index is -2.98. The van der Waals surface area contributed by atoms with E-state index >= 15 is 14.4 Å². The number of nitrogens with one attached hydrogen (secondary N) is 5. The molecule has 2 aromatic carbocycles. The van der Waals surface area contributed by atoms with E-state index in [1.807, 2.05) is 51.1 Å². The number of nitrogens with two attached hydrogens (primary N) is 1. The fourth-order valence-corrected chi connectivity index (χ4v) is 23.7. The van der Waals surface area contributed by atoms with Crippen LogP contribution in [0.15, 0.2) is 49.1 Å². The Morgan fingerprint density at radius 1 is 0.753 bits per heavy atom. The molecule has 2 aliphatic heterocycles. The van der Waals surface area contributed by atoms with E-state index in [0.29, 0.717) is 76.4 Å². The third-order valence-corrected chi connectivity index (χ3v) is 37.9. The lowest BCUT2D eigenvalue weighted by atomic mass is 9.83. The summed E-state index contributed by atoms with van der Waals surface area (Å²) in [6, 6.07) is 14.8. The fraction of sp³-hybridized carbons (Fsp3) is 0.632. The maximum Gasteiger partial charge on any atom is 0.288 e. The Balaban J connectivity index is 2.35. The van der Waals surface area contributed by atoms with Crippen LogP contribution in [0.2, 0.25) is 72.5 Å². The number of primary amides is 1. The predicted molar refractivity (Wildman–Crippen MR) is 317 cm³/mol. The summed E-state index contributed by atoms with van der Waals surface area (Å²) in [6.45, 7) is 32.7. The van der Waals surface area contributed by atoms with Crippen molar-refractivity contribution in [1.82, 2.24) is 21.3 Å². The number of anilines is 1. The van der Waals surface area contributed by atoms with Crippen LogP contribution in [-0.2, 0) is 54.4 Å². The Hall–Kier alpha value is -4.74. The number of amides is 6. The van der Waals surface area contributed by atoms with Gasteiger partial charge in [-0.2, -0.15) is 0 Å². The van der Waals surface area contributed by atoms with Crippen molar-refractivity contribution in [3.05, 3.63) is 60.2 Å². The number of carbonyl (C=O) groups excluding carboxylic acids is 7. The summed E-state index contributed by atoms with van der Waals surface area (Å²) in [6.07, 6.45) is -0.287. The number of hydrogen-bond acceptors (Lipinski definition) is 10. The number of carbonyl (C=O) groups is 7. The molecule has 6 bridgehead atoms. The zero-order valence-electron chi connectivity index (χ0n) is 49.0. The average Bonchev–Trinajstić information content (AvgIpc) is 3.78. The Kier molecular flexibility index (Phi) is 23.5. The number of para-hydroxylation sites is 1. The Bertz CT molecular complexity index is 2410. The first kappa shape index (κ1) is 64.8. The smallest absolute Gasteiger partial charge is 0.288 e. The summed E-state index contributed by atoms with van der Waals surface area (Å²) in [5.74, 6) is -5.83. The van der Waals surface area contributed by atoms with E-state index in [1.165, 1.54) is 0 Å². The van der Waals surface area contributed by atoms with Crippen molar-refractivity contribution < 1.29 is 46.8 Å².